The number of thiophene rings is 1. The van der Waals surface area contributed by atoms with E-state index in [4.69, 9.17) is 0 Å². The highest BCUT2D eigenvalue weighted by Crippen LogP contribution is 2.17. The Hall–Kier alpha value is -2.83. The van der Waals surface area contributed by atoms with Crippen molar-refractivity contribution in [2.24, 2.45) is 0 Å². The largest absolute Gasteiger partial charge is 0.350 e. The van der Waals surface area contributed by atoms with Gasteiger partial charge in [-0.05, 0) is 55.6 Å². The Kier molecular flexibility index (Phi) is 7.88. The number of carbonyl (C=O) groups is 2. The number of hydrogen-bond donors (Lipinski definition) is 2. The Morgan fingerprint density at radius 3 is 2.27 bits per heavy atom. The van der Waals surface area contributed by atoms with Crippen molar-refractivity contribution in [1.29, 1.82) is 0 Å². The van der Waals surface area contributed by atoms with Crippen LogP contribution >= 0.6 is 23.1 Å². The standard InChI is InChI=1S/C24H24N2O2S2/c1-17-5-9-19(10-6-17)23(27)26-22(16-21-4-3-14-29-21)24(28)25-13-15-30-20-11-7-18(2)8-12-20/h3-12,14,16H,13,15H2,1-2H3,(H,25,28)(H,26,27)/b22-16-. The van der Waals surface area contributed by atoms with Gasteiger partial charge in [0, 0.05) is 27.6 Å². The van der Waals surface area contributed by atoms with Gasteiger partial charge in [-0.25, -0.2) is 0 Å². The van der Waals surface area contributed by atoms with E-state index in [2.05, 4.69) is 41.8 Å². The molecule has 1 aromatic heterocycles. The van der Waals surface area contributed by atoms with Crippen LogP contribution in [0.5, 0.6) is 0 Å². The highest BCUT2D eigenvalue weighted by molar-refractivity contribution is 7.99. The van der Waals surface area contributed by atoms with E-state index in [9.17, 15) is 9.59 Å². The van der Waals surface area contributed by atoms with E-state index in [1.54, 1.807) is 30.0 Å². The lowest BCUT2D eigenvalue weighted by Crippen LogP contribution is -2.35. The van der Waals surface area contributed by atoms with Crippen molar-refractivity contribution < 1.29 is 9.59 Å². The molecule has 0 aliphatic rings. The minimum atomic E-state index is -0.304. The smallest absolute Gasteiger partial charge is 0.267 e. The first-order chi connectivity index (χ1) is 14.5. The van der Waals surface area contributed by atoms with Crippen LogP contribution in [0.2, 0.25) is 0 Å². The van der Waals surface area contributed by atoms with E-state index in [1.807, 2.05) is 36.6 Å². The summed E-state index contributed by atoms with van der Waals surface area (Å²) in [6, 6.07) is 19.4. The zero-order valence-electron chi connectivity index (χ0n) is 17.0. The maximum absolute atomic E-state index is 12.7. The van der Waals surface area contributed by atoms with Gasteiger partial charge in [0.2, 0.25) is 0 Å². The van der Waals surface area contributed by atoms with Crippen LogP contribution in [0.1, 0.15) is 26.4 Å². The Morgan fingerprint density at radius 1 is 0.967 bits per heavy atom. The number of hydrogen-bond acceptors (Lipinski definition) is 4. The number of amides is 2. The Labute approximate surface area is 185 Å². The number of aryl methyl sites for hydroxylation is 2. The van der Waals surface area contributed by atoms with Gasteiger partial charge in [0.05, 0.1) is 0 Å². The van der Waals surface area contributed by atoms with Crippen molar-refractivity contribution in [2.45, 2.75) is 18.7 Å². The van der Waals surface area contributed by atoms with Crippen LogP contribution in [-0.4, -0.2) is 24.1 Å². The summed E-state index contributed by atoms with van der Waals surface area (Å²) in [5.41, 5.74) is 3.05. The predicted molar refractivity (Wildman–Crippen MR) is 126 cm³/mol. The Balaban J connectivity index is 1.61. The zero-order chi connectivity index (χ0) is 21.3. The lowest BCUT2D eigenvalue weighted by atomic mass is 10.1. The van der Waals surface area contributed by atoms with Gasteiger partial charge < -0.3 is 10.6 Å². The van der Waals surface area contributed by atoms with E-state index in [0.717, 1.165) is 21.1 Å². The molecule has 1 heterocycles. The first kappa shape index (κ1) is 21.9. The molecule has 2 aromatic carbocycles. The predicted octanol–water partition coefficient (Wildman–Crippen LogP) is 5.04. The van der Waals surface area contributed by atoms with Crippen molar-refractivity contribution in [3.63, 3.8) is 0 Å². The number of rotatable bonds is 8. The average Bonchev–Trinajstić information content (AvgIpc) is 3.25. The molecule has 4 nitrogen and oxygen atoms in total. The molecular weight excluding hydrogens is 412 g/mol. The molecule has 0 aliphatic carbocycles. The summed E-state index contributed by atoms with van der Waals surface area (Å²) in [4.78, 5) is 27.4. The number of carbonyl (C=O) groups excluding carboxylic acids is 2. The highest BCUT2D eigenvalue weighted by atomic mass is 32.2. The average molecular weight is 437 g/mol. The van der Waals surface area contributed by atoms with Crippen LogP contribution < -0.4 is 10.6 Å². The quantitative estimate of drug-likeness (QED) is 0.295. The third-order valence-electron chi connectivity index (χ3n) is 4.31. The minimum absolute atomic E-state index is 0.239. The third kappa shape index (κ3) is 6.61. The Bertz CT molecular complexity index is 1010. The van der Waals surface area contributed by atoms with Gasteiger partial charge in [0.25, 0.3) is 11.8 Å². The van der Waals surface area contributed by atoms with E-state index < -0.39 is 0 Å². The van der Waals surface area contributed by atoms with E-state index >= 15 is 0 Å². The van der Waals surface area contributed by atoms with Crippen molar-refractivity contribution in [2.75, 3.05) is 12.3 Å². The fourth-order valence-corrected chi connectivity index (χ4v) is 4.06. The molecule has 0 spiro atoms. The van der Waals surface area contributed by atoms with Gasteiger partial charge >= 0.3 is 0 Å². The summed E-state index contributed by atoms with van der Waals surface area (Å²) in [5, 5.41) is 7.60. The van der Waals surface area contributed by atoms with Crippen LogP contribution in [0.4, 0.5) is 0 Å². The molecule has 0 saturated carbocycles. The van der Waals surface area contributed by atoms with Gasteiger partial charge in [-0.2, -0.15) is 0 Å². The summed E-state index contributed by atoms with van der Waals surface area (Å²) < 4.78 is 0. The second kappa shape index (κ2) is 10.8. The molecular formula is C24H24N2O2S2. The Morgan fingerprint density at radius 2 is 1.63 bits per heavy atom. The molecule has 0 saturated heterocycles. The van der Waals surface area contributed by atoms with Gasteiger partial charge in [0.1, 0.15) is 5.70 Å². The van der Waals surface area contributed by atoms with Crippen molar-refractivity contribution in [1.82, 2.24) is 10.6 Å². The van der Waals surface area contributed by atoms with Crippen LogP contribution in [-0.2, 0) is 4.79 Å². The molecule has 0 aliphatic heterocycles. The summed E-state index contributed by atoms with van der Waals surface area (Å²) in [6.45, 7) is 4.52. The molecule has 3 aromatic rings. The molecule has 3 rings (SSSR count). The zero-order valence-corrected chi connectivity index (χ0v) is 18.6. The molecule has 0 radical (unpaired) electrons. The molecule has 2 amide bonds. The molecule has 0 fully saturated rings. The summed E-state index contributed by atoms with van der Waals surface area (Å²) in [5.74, 6) is 0.142. The number of thioether (sulfide) groups is 1. The second-order valence-corrected chi connectivity index (χ2v) is 8.96. The topological polar surface area (TPSA) is 58.2 Å². The van der Waals surface area contributed by atoms with Crippen LogP contribution in [0.3, 0.4) is 0 Å². The van der Waals surface area contributed by atoms with Crippen molar-refractivity contribution >= 4 is 41.0 Å². The normalized spacial score (nSPS) is 11.2. The molecule has 6 heteroatoms. The molecule has 154 valence electrons. The number of nitrogens with one attached hydrogen (secondary N) is 2. The van der Waals surface area contributed by atoms with Crippen molar-refractivity contribution in [3.8, 4) is 0 Å². The van der Waals surface area contributed by atoms with Gasteiger partial charge in [0.15, 0.2) is 0 Å². The third-order valence-corrected chi connectivity index (χ3v) is 6.15. The summed E-state index contributed by atoms with van der Waals surface area (Å²) in [6.07, 6.45) is 1.71. The molecule has 30 heavy (non-hydrogen) atoms. The lowest BCUT2D eigenvalue weighted by Gasteiger charge is -2.11. The second-order valence-electron chi connectivity index (χ2n) is 6.81. The van der Waals surface area contributed by atoms with E-state index in [1.165, 1.54) is 16.9 Å². The monoisotopic (exact) mass is 436 g/mol. The number of benzene rings is 2. The molecule has 0 atom stereocenters. The molecule has 2 N–H and O–H groups in total. The van der Waals surface area contributed by atoms with Crippen LogP contribution in [0.15, 0.2) is 76.6 Å². The summed E-state index contributed by atoms with van der Waals surface area (Å²) in [7, 11) is 0. The molecule has 0 bridgehead atoms. The summed E-state index contributed by atoms with van der Waals surface area (Å²) >= 11 is 3.19. The highest BCUT2D eigenvalue weighted by Gasteiger charge is 2.14. The van der Waals surface area contributed by atoms with Crippen LogP contribution in [0, 0.1) is 13.8 Å². The van der Waals surface area contributed by atoms with Crippen molar-refractivity contribution in [3.05, 3.63) is 93.3 Å². The van der Waals surface area contributed by atoms with E-state index in [0.29, 0.717) is 12.1 Å². The van der Waals surface area contributed by atoms with Crippen LogP contribution in [0.25, 0.3) is 6.08 Å². The van der Waals surface area contributed by atoms with Gasteiger partial charge in [-0.15, -0.1) is 23.1 Å². The van der Waals surface area contributed by atoms with Gasteiger partial charge in [-0.3, -0.25) is 9.59 Å². The van der Waals surface area contributed by atoms with Gasteiger partial charge in [-0.1, -0.05) is 41.5 Å². The minimum Gasteiger partial charge on any atom is -0.350 e. The first-order valence-electron chi connectivity index (χ1n) is 9.62. The lowest BCUT2D eigenvalue weighted by molar-refractivity contribution is -0.117. The SMILES string of the molecule is Cc1ccc(SCCNC(=O)/C(=C/c2cccs2)NC(=O)c2ccc(C)cc2)cc1. The first-order valence-corrected chi connectivity index (χ1v) is 11.5. The fourth-order valence-electron chi connectivity index (χ4n) is 2.64. The maximum atomic E-state index is 12.7. The fraction of sp³-hybridized carbons (Fsp3) is 0.167. The maximum Gasteiger partial charge on any atom is 0.267 e. The molecule has 0 unspecified atom stereocenters. The van der Waals surface area contributed by atoms with E-state index in [-0.39, 0.29) is 17.5 Å².